The summed E-state index contributed by atoms with van der Waals surface area (Å²) in [6.07, 6.45) is -4.86. The zero-order valence-corrected chi connectivity index (χ0v) is 9.19. The van der Waals surface area contributed by atoms with E-state index in [1.54, 1.807) is 0 Å². The van der Waals surface area contributed by atoms with E-state index in [1.165, 1.54) is 6.07 Å². The molecular weight excluding hydrogens is 259 g/mol. The van der Waals surface area contributed by atoms with E-state index in [1.807, 2.05) is 0 Å². The van der Waals surface area contributed by atoms with Gasteiger partial charge < -0.3 is 4.74 Å². The van der Waals surface area contributed by atoms with Gasteiger partial charge in [0, 0.05) is 5.56 Å². The Morgan fingerprint density at radius 1 is 1.47 bits per heavy atom. The van der Waals surface area contributed by atoms with Crippen LogP contribution in [0.15, 0.2) is 12.1 Å². The zero-order chi connectivity index (χ0) is 13.2. The first-order valence-corrected chi connectivity index (χ1v) is 4.58. The van der Waals surface area contributed by atoms with E-state index in [-0.39, 0.29) is 5.75 Å². The van der Waals surface area contributed by atoms with Gasteiger partial charge in [0.1, 0.15) is 17.4 Å². The number of carbonyl (C=O) groups is 1. The van der Waals surface area contributed by atoms with Crippen molar-refractivity contribution in [3.63, 3.8) is 0 Å². The number of ether oxygens (including phenoxy) is 1. The molecule has 0 radical (unpaired) electrons. The van der Waals surface area contributed by atoms with Crippen LogP contribution in [0, 0.1) is 11.3 Å². The first-order chi connectivity index (χ1) is 7.82. The molecule has 0 bridgehead atoms. The van der Waals surface area contributed by atoms with E-state index in [4.69, 9.17) is 16.9 Å². The van der Waals surface area contributed by atoms with Crippen LogP contribution in [-0.2, 0) is 6.18 Å². The molecule has 0 unspecified atom stereocenters. The van der Waals surface area contributed by atoms with Gasteiger partial charge in [-0.15, -0.1) is 0 Å². The molecule has 0 spiro atoms. The number of hydrogen-bond acceptors (Lipinski definition) is 3. The number of carbonyl (C=O) groups excluding carboxylic acids is 1. The minimum absolute atomic E-state index is 0.263. The Kier molecular flexibility index (Phi) is 3.63. The largest absolute Gasteiger partial charge is 0.495 e. The van der Waals surface area contributed by atoms with Crippen LogP contribution in [0.4, 0.5) is 13.2 Å². The van der Waals surface area contributed by atoms with Crippen LogP contribution in [0.5, 0.6) is 5.75 Å². The van der Waals surface area contributed by atoms with Gasteiger partial charge in [0.05, 0.1) is 12.7 Å². The monoisotopic (exact) mass is 263 g/mol. The third-order valence-corrected chi connectivity index (χ3v) is 2.20. The molecule has 17 heavy (non-hydrogen) atoms. The lowest BCUT2D eigenvalue weighted by atomic mass is 10.0. The maximum Gasteiger partial charge on any atom is 0.418 e. The molecule has 0 fully saturated rings. The smallest absolute Gasteiger partial charge is 0.418 e. The second-order valence-corrected chi connectivity index (χ2v) is 3.29. The second-order valence-electron chi connectivity index (χ2n) is 2.95. The van der Waals surface area contributed by atoms with Crippen molar-refractivity contribution in [2.24, 2.45) is 0 Å². The van der Waals surface area contributed by atoms with E-state index < -0.39 is 28.1 Å². The lowest BCUT2D eigenvalue weighted by Crippen LogP contribution is -2.14. The van der Waals surface area contributed by atoms with Crippen molar-refractivity contribution >= 4 is 16.8 Å². The molecule has 0 N–H and O–H groups in total. The van der Waals surface area contributed by atoms with Crippen LogP contribution in [0.2, 0.25) is 0 Å². The number of halogens is 4. The van der Waals surface area contributed by atoms with Crippen molar-refractivity contribution in [2.75, 3.05) is 7.11 Å². The fourth-order valence-electron chi connectivity index (χ4n) is 1.32. The average Bonchev–Trinajstić information content (AvgIpc) is 2.25. The summed E-state index contributed by atoms with van der Waals surface area (Å²) in [6.45, 7) is 0. The summed E-state index contributed by atoms with van der Waals surface area (Å²) >= 11 is 5.05. The highest BCUT2D eigenvalue weighted by Gasteiger charge is 2.39. The van der Waals surface area contributed by atoms with Gasteiger partial charge in [-0.25, -0.2) is 0 Å². The molecule has 0 saturated heterocycles. The summed E-state index contributed by atoms with van der Waals surface area (Å²) in [7, 11) is 1.12. The molecule has 1 rings (SSSR count). The average molecular weight is 264 g/mol. The number of alkyl halides is 3. The van der Waals surface area contributed by atoms with Crippen LogP contribution in [-0.4, -0.2) is 12.4 Å². The summed E-state index contributed by atoms with van der Waals surface area (Å²) < 4.78 is 42.9. The highest BCUT2D eigenvalue weighted by Crippen LogP contribution is 2.38. The van der Waals surface area contributed by atoms with Crippen LogP contribution in [0.3, 0.4) is 0 Å². The van der Waals surface area contributed by atoms with Gasteiger partial charge in [-0.2, -0.15) is 18.4 Å². The van der Waals surface area contributed by atoms with Crippen molar-refractivity contribution in [3.05, 3.63) is 28.8 Å². The number of rotatable bonds is 2. The lowest BCUT2D eigenvalue weighted by molar-refractivity contribution is -0.138. The standard InChI is InChI=1S/C10H5ClF3NO2/c1-17-7-3-2-5(9(11)16)8(6(7)4-15)10(12,13)14/h2-3H,1H3. The fraction of sp³-hybridized carbons (Fsp3) is 0.200. The van der Waals surface area contributed by atoms with E-state index in [9.17, 15) is 18.0 Å². The Balaban J connectivity index is 3.70. The van der Waals surface area contributed by atoms with Crippen LogP contribution in [0.1, 0.15) is 21.5 Å². The normalized spacial score (nSPS) is 10.8. The minimum atomic E-state index is -4.86. The second kappa shape index (κ2) is 4.63. The molecule has 7 heteroatoms. The molecule has 0 aliphatic carbocycles. The lowest BCUT2D eigenvalue weighted by Gasteiger charge is -2.14. The Morgan fingerprint density at radius 3 is 2.41 bits per heavy atom. The number of hydrogen-bond donors (Lipinski definition) is 0. The number of benzene rings is 1. The molecular formula is C10H5ClF3NO2. The predicted molar refractivity (Wildman–Crippen MR) is 52.9 cm³/mol. The van der Waals surface area contributed by atoms with Gasteiger partial charge in [0.25, 0.3) is 5.24 Å². The van der Waals surface area contributed by atoms with Crippen LogP contribution < -0.4 is 4.74 Å². The third-order valence-electron chi connectivity index (χ3n) is 1.99. The van der Waals surface area contributed by atoms with Gasteiger partial charge in [-0.1, -0.05) is 0 Å². The maximum absolute atomic E-state index is 12.8. The van der Waals surface area contributed by atoms with Crippen LogP contribution >= 0.6 is 11.6 Å². The van der Waals surface area contributed by atoms with Crippen LogP contribution in [0.25, 0.3) is 0 Å². The molecule has 0 aromatic heterocycles. The van der Waals surface area contributed by atoms with Gasteiger partial charge in [-0.05, 0) is 23.7 Å². The third kappa shape index (κ3) is 2.50. The topological polar surface area (TPSA) is 50.1 Å². The number of nitrogens with zero attached hydrogens (tertiary/aromatic N) is 1. The predicted octanol–water partition coefficient (Wildman–Crippen LogP) is 2.96. The zero-order valence-electron chi connectivity index (χ0n) is 8.43. The van der Waals surface area contributed by atoms with Crippen molar-refractivity contribution in [1.29, 1.82) is 5.26 Å². The van der Waals surface area contributed by atoms with E-state index in [0.717, 1.165) is 19.2 Å². The summed E-state index contributed by atoms with van der Waals surface area (Å²) in [5.74, 6) is -0.263. The van der Waals surface area contributed by atoms with Gasteiger partial charge >= 0.3 is 6.18 Å². The van der Waals surface area contributed by atoms with E-state index in [2.05, 4.69) is 4.74 Å². The summed E-state index contributed by atoms with van der Waals surface area (Å²) in [5.41, 5.74) is -2.90. The highest BCUT2D eigenvalue weighted by atomic mass is 35.5. The molecule has 0 aliphatic heterocycles. The molecule has 0 heterocycles. The van der Waals surface area contributed by atoms with E-state index in [0.29, 0.717) is 0 Å². The summed E-state index contributed by atoms with van der Waals surface area (Å²) in [6, 6.07) is 3.32. The molecule has 1 aromatic rings. The number of methoxy groups -OCH3 is 1. The first-order valence-electron chi connectivity index (χ1n) is 4.21. The molecule has 0 amide bonds. The van der Waals surface area contributed by atoms with Crippen molar-refractivity contribution in [1.82, 2.24) is 0 Å². The molecule has 0 saturated carbocycles. The molecule has 1 aromatic carbocycles. The van der Waals surface area contributed by atoms with Crippen molar-refractivity contribution < 1.29 is 22.7 Å². The molecule has 3 nitrogen and oxygen atoms in total. The molecule has 0 atom stereocenters. The Labute approximate surface area is 99.4 Å². The Bertz CT molecular complexity index is 505. The maximum atomic E-state index is 12.8. The quantitative estimate of drug-likeness (QED) is 0.771. The summed E-state index contributed by atoms with van der Waals surface area (Å²) in [5, 5.41) is 7.43. The van der Waals surface area contributed by atoms with Gasteiger partial charge in [0.2, 0.25) is 0 Å². The van der Waals surface area contributed by atoms with Crippen molar-refractivity contribution in [3.8, 4) is 11.8 Å². The molecule has 0 aliphatic rings. The summed E-state index contributed by atoms with van der Waals surface area (Å²) in [4.78, 5) is 10.9. The first kappa shape index (κ1) is 13.3. The van der Waals surface area contributed by atoms with E-state index >= 15 is 0 Å². The van der Waals surface area contributed by atoms with Gasteiger partial charge in [-0.3, -0.25) is 4.79 Å². The van der Waals surface area contributed by atoms with Gasteiger partial charge in [0.15, 0.2) is 0 Å². The highest BCUT2D eigenvalue weighted by molar-refractivity contribution is 6.68. The minimum Gasteiger partial charge on any atom is -0.495 e. The van der Waals surface area contributed by atoms with Crippen molar-refractivity contribution in [2.45, 2.75) is 6.18 Å². The SMILES string of the molecule is COc1ccc(C(=O)Cl)c(C(F)(F)F)c1C#N. The molecule has 90 valence electrons. The Hall–Kier alpha value is -1.74. The number of nitriles is 1. The Morgan fingerprint density at radius 2 is 2.06 bits per heavy atom. The fourth-order valence-corrected chi connectivity index (χ4v) is 1.48.